The lowest BCUT2D eigenvalue weighted by molar-refractivity contribution is -0.0404. The molecule has 2 aliphatic carbocycles. The Morgan fingerprint density at radius 2 is 1.80 bits per heavy atom. The molecule has 0 bridgehead atoms. The van der Waals surface area contributed by atoms with E-state index in [1.54, 1.807) is 0 Å². The molecule has 35 heavy (non-hydrogen) atoms. The average Bonchev–Trinajstić information content (AvgIpc) is 3.56. The van der Waals surface area contributed by atoms with Crippen molar-refractivity contribution in [3.63, 3.8) is 0 Å². The Kier molecular flexibility index (Phi) is 12.5. The Labute approximate surface area is 209 Å². The molecule has 0 aromatic rings. The first-order valence-corrected chi connectivity index (χ1v) is 14.2. The zero-order valence-corrected chi connectivity index (χ0v) is 22.7. The number of rotatable bonds is 4. The molecule has 1 fully saturated rings. The van der Waals surface area contributed by atoms with Gasteiger partial charge in [-0.1, -0.05) is 48.5 Å². The van der Waals surface area contributed by atoms with Crippen LogP contribution < -0.4 is 25.9 Å². The average molecular weight is 525 g/mol. The first-order valence-electron chi connectivity index (χ1n) is 12.5. The number of allylic oxidation sites excluding steroid dienone is 2. The van der Waals surface area contributed by atoms with Crippen LogP contribution in [0.5, 0.6) is 0 Å². The van der Waals surface area contributed by atoms with Gasteiger partial charge in [0.05, 0.1) is 17.5 Å². The molecule has 4 rings (SSSR count). The van der Waals surface area contributed by atoms with Crippen molar-refractivity contribution in [1.29, 1.82) is 0 Å². The van der Waals surface area contributed by atoms with Crippen LogP contribution >= 0.6 is 10.7 Å². The van der Waals surface area contributed by atoms with E-state index in [4.69, 9.17) is 5.14 Å². The topological polar surface area (TPSA) is 115 Å². The van der Waals surface area contributed by atoms with Crippen LogP contribution in [0.2, 0.25) is 0 Å². The number of carbonyl (C=O) groups excluding carboxylic acids is 1. The number of halogens is 3. The van der Waals surface area contributed by atoms with E-state index in [1.165, 1.54) is 0 Å². The summed E-state index contributed by atoms with van der Waals surface area (Å²) in [6.45, 7) is 10.6. The Hall–Kier alpha value is -1.89. The van der Waals surface area contributed by atoms with Gasteiger partial charge in [0.25, 0.3) is 0 Å². The third-order valence-electron chi connectivity index (χ3n) is 5.89. The van der Waals surface area contributed by atoms with Crippen molar-refractivity contribution in [1.82, 2.24) is 25.8 Å². The predicted octanol–water partition coefficient (Wildman–Crippen LogP) is 5.71. The predicted molar refractivity (Wildman–Crippen MR) is 137 cm³/mol. The molecule has 2 heterocycles. The Balaban J connectivity index is 0.000000949. The standard InChI is InChI=1S/C17H25F3N6O2S.3C2H6/c1-8-5-6-10-13(8)23-11-4-2-3-9(11)14(10)24-17(27)25-29(21,28)12-7-22-26(15(12)18)16(19)20;3*1-2/h8,13,16,22-23,28H,2-7,21H2,1H3,(H2,24,25,27);3*1-2H3. The Morgan fingerprint density at radius 1 is 1.17 bits per heavy atom. The summed E-state index contributed by atoms with van der Waals surface area (Å²) in [5, 5.41) is 12.1. The van der Waals surface area contributed by atoms with Crippen LogP contribution in [0.15, 0.2) is 33.4 Å². The zero-order chi connectivity index (χ0) is 26.9. The number of alkyl halides is 2. The van der Waals surface area contributed by atoms with Crippen LogP contribution in [0.4, 0.5) is 18.0 Å². The number of carbonyl (C=O) groups is 1. The van der Waals surface area contributed by atoms with Crippen molar-refractivity contribution in [2.24, 2.45) is 11.1 Å². The van der Waals surface area contributed by atoms with Crippen LogP contribution in [0.25, 0.3) is 0 Å². The molecule has 4 aliphatic rings. The van der Waals surface area contributed by atoms with E-state index in [2.05, 4.69) is 27.7 Å². The van der Waals surface area contributed by atoms with Gasteiger partial charge in [0.1, 0.15) is 0 Å². The number of hydrogen-bond donors (Lipinski definition) is 6. The molecule has 2 amide bonds. The fourth-order valence-electron chi connectivity index (χ4n) is 4.44. The number of urea groups is 1. The van der Waals surface area contributed by atoms with E-state index >= 15 is 0 Å². The third-order valence-corrected chi connectivity index (χ3v) is 7.45. The van der Waals surface area contributed by atoms with Crippen LogP contribution in [-0.4, -0.2) is 34.7 Å². The maximum atomic E-state index is 14.2. The lowest BCUT2D eigenvalue weighted by Gasteiger charge is -2.33. The molecule has 0 saturated heterocycles. The van der Waals surface area contributed by atoms with E-state index in [9.17, 15) is 22.5 Å². The SMILES string of the molecule is CC.CC.CC.CC1CCC2=C(NC(=O)NS(N)(O)C3=C(F)N(C(F)F)NC3)C3=C(CCC3)NC21. The molecule has 204 valence electrons. The van der Waals surface area contributed by atoms with Gasteiger partial charge in [-0.25, -0.2) is 15.2 Å². The van der Waals surface area contributed by atoms with Gasteiger partial charge in [0, 0.05) is 22.1 Å². The van der Waals surface area contributed by atoms with Crippen LogP contribution in [0.1, 0.15) is 80.6 Å². The van der Waals surface area contributed by atoms with Crippen molar-refractivity contribution in [3.8, 4) is 0 Å². The minimum atomic E-state index is -3.63. The number of dihydropyridines is 1. The summed E-state index contributed by atoms with van der Waals surface area (Å²) in [4.78, 5) is 12.1. The summed E-state index contributed by atoms with van der Waals surface area (Å²) < 4.78 is 52.3. The lowest BCUT2D eigenvalue weighted by Crippen LogP contribution is -2.44. The molecule has 12 heteroatoms. The van der Waals surface area contributed by atoms with Gasteiger partial charge in [0.15, 0.2) is 0 Å². The van der Waals surface area contributed by atoms with Crippen LogP contribution in [-0.2, 0) is 0 Å². The maximum Gasteiger partial charge on any atom is 0.330 e. The first-order chi connectivity index (χ1) is 16.7. The minimum absolute atomic E-state index is 0.0305. The molecule has 7 N–H and O–H groups in total. The highest BCUT2D eigenvalue weighted by molar-refractivity contribution is 8.29. The number of fused-ring (bicyclic) bond motifs is 1. The number of nitrogens with one attached hydrogen (secondary N) is 4. The summed E-state index contributed by atoms with van der Waals surface area (Å²) in [6.07, 6.45) is 4.57. The lowest BCUT2D eigenvalue weighted by atomic mass is 9.94. The Bertz CT molecular complexity index is 832. The summed E-state index contributed by atoms with van der Waals surface area (Å²) in [5.74, 6) is -0.949. The summed E-state index contributed by atoms with van der Waals surface area (Å²) in [6, 6.07) is -0.632. The molecule has 0 aromatic carbocycles. The number of hydrogen-bond acceptors (Lipinski definition) is 6. The van der Waals surface area contributed by atoms with Crippen molar-refractivity contribution in [2.75, 3.05) is 6.54 Å². The van der Waals surface area contributed by atoms with Gasteiger partial charge in [-0.05, 0) is 49.2 Å². The summed E-state index contributed by atoms with van der Waals surface area (Å²) in [7, 11) is -3.63. The van der Waals surface area contributed by atoms with Crippen LogP contribution in [0, 0.1) is 5.92 Å². The van der Waals surface area contributed by atoms with E-state index < -0.39 is 40.7 Å². The highest BCUT2D eigenvalue weighted by Crippen LogP contribution is 2.45. The van der Waals surface area contributed by atoms with Gasteiger partial charge in [0.2, 0.25) is 5.95 Å². The van der Waals surface area contributed by atoms with Gasteiger partial charge >= 0.3 is 12.6 Å². The first kappa shape index (κ1) is 31.1. The second-order valence-electron chi connectivity index (χ2n) is 7.73. The molecule has 1 saturated carbocycles. The second kappa shape index (κ2) is 14.0. The van der Waals surface area contributed by atoms with Crippen molar-refractivity contribution >= 4 is 16.7 Å². The normalized spacial score (nSPS) is 25.1. The maximum absolute atomic E-state index is 14.2. The van der Waals surface area contributed by atoms with Crippen molar-refractivity contribution < 1.29 is 22.5 Å². The third kappa shape index (κ3) is 6.87. The smallest absolute Gasteiger partial charge is 0.330 e. The van der Waals surface area contributed by atoms with Gasteiger partial charge in [-0.2, -0.15) is 13.2 Å². The zero-order valence-electron chi connectivity index (χ0n) is 21.9. The summed E-state index contributed by atoms with van der Waals surface area (Å²) >= 11 is 0. The largest absolute Gasteiger partial charge is 0.381 e. The van der Waals surface area contributed by atoms with Crippen LogP contribution in [0.3, 0.4) is 0 Å². The fourth-order valence-corrected chi connectivity index (χ4v) is 5.54. The molecular formula is C23H43F3N6O2S. The van der Waals surface area contributed by atoms with Gasteiger partial charge in [-0.15, -0.1) is 0 Å². The van der Waals surface area contributed by atoms with Crippen molar-refractivity contribution in [2.45, 2.75) is 93.2 Å². The molecule has 2 aliphatic heterocycles. The molecule has 3 unspecified atom stereocenters. The number of amides is 2. The number of nitrogens with two attached hydrogens (primary N) is 1. The highest BCUT2D eigenvalue weighted by atomic mass is 32.3. The molecule has 0 spiro atoms. The van der Waals surface area contributed by atoms with Gasteiger partial charge < -0.3 is 15.2 Å². The molecular weight excluding hydrogens is 481 g/mol. The molecule has 8 nitrogen and oxygen atoms in total. The summed E-state index contributed by atoms with van der Waals surface area (Å²) in [5.41, 5.74) is 6.13. The van der Waals surface area contributed by atoms with E-state index in [0.29, 0.717) is 5.92 Å². The minimum Gasteiger partial charge on any atom is -0.381 e. The fraction of sp³-hybridized carbons (Fsp3) is 0.696. The molecule has 0 aromatic heterocycles. The van der Waals surface area contributed by atoms with Crippen molar-refractivity contribution in [3.05, 3.63) is 33.4 Å². The second-order valence-corrected chi connectivity index (χ2v) is 9.68. The molecule has 0 radical (unpaired) electrons. The Morgan fingerprint density at radius 3 is 2.37 bits per heavy atom. The number of nitrogens with zero attached hydrogens (tertiary/aromatic N) is 1. The number of hydrazine groups is 1. The highest BCUT2D eigenvalue weighted by Gasteiger charge is 2.40. The van der Waals surface area contributed by atoms with Gasteiger partial charge in [-0.3, -0.25) is 9.86 Å². The van der Waals surface area contributed by atoms with E-state index in [1.807, 2.05) is 41.5 Å². The van der Waals surface area contributed by atoms with E-state index in [-0.39, 0.29) is 11.1 Å². The molecule has 3 atom stereocenters. The van der Waals surface area contributed by atoms with E-state index in [0.717, 1.165) is 54.6 Å². The quantitative estimate of drug-likeness (QED) is 0.263. The monoisotopic (exact) mass is 524 g/mol.